The summed E-state index contributed by atoms with van der Waals surface area (Å²) in [5, 5.41) is 14.2. The Hall–Kier alpha value is -3.11. The lowest BCUT2D eigenvalue weighted by molar-refractivity contribution is 0.366. The molecule has 0 saturated heterocycles. The lowest BCUT2D eigenvalue weighted by Crippen LogP contribution is -2.22. The number of nitrogens with two attached hydrogens (primary N) is 1. The fourth-order valence-electron chi connectivity index (χ4n) is 3.31. The molecular formula is C20H14BrFN4O. The van der Waals surface area contributed by atoms with Crippen LogP contribution in [-0.4, -0.2) is 9.78 Å². The maximum Gasteiger partial charge on any atom is 0.229 e. The van der Waals surface area contributed by atoms with E-state index in [9.17, 15) is 9.65 Å². The number of benzene rings is 2. The van der Waals surface area contributed by atoms with Gasteiger partial charge in [0.05, 0.1) is 22.9 Å². The fourth-order valence-corrected chi connectivity index (χ4v) is 3.68. The number of allylic oxidation sites excluding steroid dienone is 1. The monoisotopic (exact) mass is 424 g/mol. The van der Waals surface area contributed by atoms with Crippen molar-refractivity contribution in [2.75, 3.05) is 0 Å². The number of hydrogen-bond donors (Lipinski definition) is 1. The lowest BCUT2D eigenvalue weighted by Gasteiger charge is -2.25. The molecule has 0 bridgehead atoms. The van der Waals surface area contributed by atoms with E-state index in [0.29, 0.717) is 27.2 Å². The van der Waals surface area contributed by atoms with Crippen LogP contribution in [0.2, 0.25) is 0 Å². The molecule has 0 radical (unpaired) electrons. The fraction of sp³-hybridized carbons (Fsp3) is 0.100. The zero-order valence-corrected chi connectivity index (χ0v) is 15.9. The molecule has 27 heavy (non-hydrogen) atoms. The summed E-state index contributed by atoms with van der Waals surface area (Å²) in [4.78, 5) is 0. The summed E-state index contributed by atoms with van der Waals surface area (Å²) >= 11 is 3.37. The molecule has 0 amide bonds. The third-order valence-corrected chi connectivity index (χ3v) is 5.00. The van der Waals surface area contributed by atoms with E-state index >= 15 is 0 Å². The average molecular weight is 425 g/mol. The first kappa shape index (κ1) is 17.3. The minimum absolute atomic E-state index is 0.0496. The molecule has 3 aromatic rings. The average Bonchev–Trinajstić information content (AvgIpc) is 2.99. The maximum absolute atomic E-state index is 14.7. The van der Waals surface area contributed by atoms with Crippen LogP contribution in [0.25, 0.3) is 5.69 Å². The molecule has 2 aromatic carbocycles. The van der Waals surface area contributed by atoms with Crippen LogP contribution in [0.5, 0.6) is 5.88 Å². The number of nitriles is 1. The Morgan fingerprint density at radius 1 is 1.26 bits per heavy atom. The second kappa shape index (κ2) is 6.56. The third kappa shape index (κ3) is 2.78. The Morgan fingerprint density at radius 3 is 2.70 bits per heavy atom. The zero-order valence-electron chi connectivity index (χ0n) is 14.3. The summed E-state index contributed by atoms with van der Waals surface area (Å²) in [5.74, 6) is -0.789. The molecule has 0 fully saturated rings. The van der Waals surface area contributed by atoms with Gasteiger partial charge in [0.25, 0.3) is 0 Å². The maximum atomic E-state index is 14.7. The number of ether oxygens (including phenoxy) is 1. The Labute approximate surface area is 163 Å². The Bertz CT molecular complexity index is 1120. The van der Waals surface area contributed by atoms with Crippen LogP contribution >= 0.6 is 15.9 Å². The quantitative estimate of drug-likeness (QED) is 0.664. The van der Waals surface area contributed by atoms with E-state index in [0.717, 1.165) is 5.69 Å². The van der Waals surface area contributed by atoms with E-state index in [1.54, 1.807) is 23.7 Å². The number of nitrogens with zero attached hydrogens (tertiary/aromatic N) is 3. The molecule has 0 spiro atoms. The van der Waals surface area contributed by atoms with Gasteiger partial charge in [0.1, 0.15) is 17.5 Å². The van der Waals surface area contributed by atoms with Gasteiger partial charge in [0, 0.05) is 10.0 Å². The highest BCUT2D eigenvalue weighted by Gasteiger charge is 2.37. The van der Waals surface area contributed by atoms with E-state index in [-0.39, 0.29) is 11.5 Å². The minimum Gasteiger partial charge on any atom is -0.422 e. The van der Waals surface area contributed by atoms with Gasteiger partial charge < -0.3 is 10.5 Å². The first-order valence-corrected chi connectivity index (χ1v) is 8.98. The molecule has 2 N–H and O–H groups in total. The Balaban J connectivity index is 2.00. The third-order valence-electron chi connectivity index (χ3n) is 4.50. The van der Waals surface area contributed by atoms with Crippen LogP contribution in [0.15, 0.2) is 64.5 Å². The first-order chi connectivity index (χ1) is 13.0. The summed E-state index contributed by atoms with van der Waals surface area (Å²) in [6.07, 6.45) is 0. The van der Waals surface area contributed by atoms with Crippen LogP contribution < -0.4 is 10.5 Å². The van der Waals surface area contributed by atoms with Gasteiger partial charge in [0.15, 0.2) is 0 Å². The number of aryl methyl sites for hydroxylation is 1. The van der Waals surface area contributed by atoms with E-state index in [1.165, 1.54) is 6.07 Å². The second-order valence-corrected chi connectivity index (χ2v) is 7.06. The molecule has 1 atom stereocenters. The molecule has 1 unspecified atom stereocenters. The predicted molar refractivity (Wildman–Crippen MR) is 102 cm³/mol. The van der Waals surface area contributed by atoms with Crippen molar-refractivity contribution in [3.63, 3.8) is 0 Å². The van der Waals surface area contributed by atoms with E-state index in [2.05, 4.69) is 27.1 Å². The molecular weight excluding hydrogens is 411 g/mol. The van der Waals surface area contributed by atoms with Gasteiger partial charge in [0.2, 0.25) is 11.8 Å². The van der Waals surface area contributed by atoms with Gasteiger partial charge >= 0.3 is 0 Å². The molecule has 1 aromatic heterocycles. The summed E-state index contributed by atoms with van der Waals surface area (Å²) in [6, 6.07) is 16.1. The van der Waals surface area contributed by atoms with Crippen LogP contribution in [0.1, 0.15) is 22.7 Å². The van der Waals surface area contributed by atoms with Crippen LogP contribution in [-0.2, 0) is 0 Å². The molecule has 1 aliphatic heterocycles. The molecule has 4 rings (SSSR count). The van der Waals surface area contributed by atoms with Gasteiger partial charge in [-0.1, -0.05) is 34.1 Å². The van der Waals surface area contributed by atoms with Crippen LogP contribution in [0.3, 0.4) is 0 Å². The summed E-state index contributed by atoms with van der Waals surface area (Å²) in [7, 11) is 0. The first-order valence-electron chi connectivity index (χ1n) is 8.18. The van der Waals surface area contributed by atoms with Crippen molar-refractivity contribution >= 4 is 15.9 Å². The van der Waals surface area contributed by atoms with E-state index < -0.39 is 11.7 Å². The molecule has 7 heteroatoms. The van der Waals surface area contributed by atoms with Crippen molar-refractivity contribution in [3.8, 4) is 17.6 Å². The molecule has 0 aliphatic carbocycles. The lowest BCUT2D eigenvalue weighted by atomic mass is 9.84. The Kier molecular flexibility index (Phi) is 4.21. The van der Waals surface area contributed by atoms with Crippen molar-refractivity contribution in [2.45, 2.75) is 12.8 Å². The summed E-state index contributed by atoms with van der Waals surface area (Å²) in [6.45, 7) is 1.81. The van der Waals surface area contributed by atoms with E-state index in [1.807, 2.05) is 30.3 Å². The zero-order chi connectivity index (χ0) is 19.1. The molecule has 134 valence electrons. The summed E-state index contributed by atoms with van der Waals surface area (Å²) in [5.41, 5.74) is 8.58. The smallest absolute Gasteiger partial charge is 0.229 e. The molecule has 2 heterocycles. The number of halogens is 2. The van der Waals surface area contributed by atoms with Crippen LogP contribution in [0, 0.1) is 24.1 Å². The predicted octanol–water partition coefficient (Wildman–Crippen LogP) is 4.30. The number of aromatic nitrogens is 2. The normalized spacial score (nSPS) is 15.9. The standard InChI is InChI=1S/C20H14BrFN4O/c1-11-17-18(14-9-12(21)7-8-16(14)22)15(10-23)19(24)27-20(17)26(25-11)13-5-3-2-4-6-13/h2-9,18H,24H2,1H3. The molecule has 5 nitrogen and oxygen atoms in total. The van der Waals surface area contributed by atoms with Crippen LogP contribution in [0.4, 0.5) is 4.39 Å². The molecule has 0 saturated carbocycles. The minimum atomic E-state index is -0.700. The van der Waals surface area contributed by atoms with Crippen molar-refractivity contribution in [1.82, 2.24) is 9.78 Å². The number of fused-ring (bicyclic) bond motifs is 1. The van der Waals surface area contributed by atoms with Gasteiger partial charge in [-0.25, -0.2) is 9.07 Å². The van der Waals surface area contributed by atoms with Crippen molar-refractivity contribution in [2.24, 2.45) is 5.73 Å². The SMILES string of the molecule is Cc1nn(-c2ccccc2)c2c1C(c1cc(Br)ccc1F)C(C#N)=C(N)O2. The van der Waals surface area contributed by atoms with Gasteiger partial charge in [-0.2, -0.15) is 10.4 Å². The Morgan fingerprint density at radius 2 is 2.00 bits per heavy atom. The second-order valence-electron chi connectivity index (χ2n) is 6.14. The largest absolute Gasteiger partial charge is 0.422 e. The van der Waals surface area contributed by atoms with Crippen molar-refractivity contribution in [3.05, 3.63) is 87.1 Å². The highest BCUT2D eigenvalue weighted by atomic mass is 79.9. The van der Waals surface area contributed by atoms with Gasteiger partial charge in [-0.3, -0.25) is 0 Å². The highest BCUT2D eigenvalue weighted by Crippen LogP contribution is 2.45. The number of hydrogen-bond acceptors (Lipinski definition) is 4. The summed E-state index contributed by atoms with van der Waals surface area (Å²) < 4.78 is 22.8. The van der Waals surface area contributed by atoms with Crippen molar-refractivity contribution < 1.29 is 9.13 Å². The van der Waals surface area contributed by atoms with Crippen molar-refractivity contribution in [1.29, 1.82) is 5.26 Å². The highest BCUT2D eigenvalue weighted by molar-refractivity contribution is 9.10. The molecule has 1 aliphatic rings. The van der Waals surface area contributed by atoms with E-state index in [4.69, 9.17) is 10.5 Å². The topological polar surface area (TPSA) is 76.9 Å². The number of para-hydroxylation sites is 1. The van der Waals surface area contributed by atoms with Gasteiger partial charge in [-0.15, -0.1) is 0 Å². The number of rotatable bonds is 2. The van der Waals surface area contributed by atoms with Gasteiger partial charge in [-0.05, 0) is 37.3 Å².